The molecular weight excluding hydrogens is 411 g/mol. The van der Waals surface area contributed by atoms with Crippen LogP contribution in [-0.2, 0) is 6.54 Å². The fourth-order valence-corrected chi connectivity index (χ4v) is 3.51. The van der Waals surface area contributed by atoms with Crippen LogP contribution in [0.4, 0.5) is 4.39 Å². The van der Waals surface area contributed by atoms with E-state index in [2.05, 4.69) is 10.1 Å². The van der Waals surface area contributed by atoms with E-state index in [1.165, 1.54) is 16.6 Å². The molecular formula is C24H19FN4O3. The van der Waals surface area contributed by atoms with Gasteiger partial charge in [-0.25, -0.2) is 13.9 Å². The summed E-state index contributed by atoms with van der Waals surface area (Å²) >= 11 is 0. The van der Waals surface area contributed by atoms with E-state index in [-0.39, 0.29) is 17.9 Å². The zero-order valence-electron chi connectivity index (χ0n) is 17.4. The molecule has 0 aliphatic carbocycles. The second-order valence-corrected chi connectivity index (χ2v) is 7.35. The summed E-state index contributed by atoms with van der Waals surface area (Å²) in [5.74, 6) is 1.55. The first-order valence-electron chi connectivity index (χ1n) is 9.97. The number of methoxy groups -OCH3 is 1. The van der Waals surface area contributed by atoms with E-state index in [1.54, 1.807) is 42.3 Å². The number of hydrogen-bond donors (Lipinski definition) is 0. The lowest BCUT2D eigenvalue weighted by Crippen LogP contribution is -2.22. The maximum absolute atomic E-state index is 13.2. The minimum atomic E-state index is -0.322. The van der Waals surface area contributed by atoms with Crippen molar-refractivity contribution in [3.8, 4) is 28.5 Å². The van der Waals surface area contributed by atoms with Gasteiger partial charge in [0.15, 0.2) is 0 Å². The van der Waals surface area contributed by atoms with Crippen LogP contribution in [0.5, 0.6) is 5.75 Å². The van der Waals surface area contributed by atoms with Crippen molar-refractivity contribution >= 4 is 5.52 Å². The normalized spacial score (nSPS) is 11.2. The van der Waals surface area contributed by atoms with Crippen LogP contribution in [0, 0.1) is 12.7 Å². The maximum Gasteiger partial charge on any atom is 0.276 e. The zero-order valence-corrected chi connectivity index (χ0v) is 17.4. The summed E-state index contributed by atoms with van der Waals surface area (Å²) in [5, 5.41) is 4.43. The van der Waals surface area contributed by atoms with Crippen molar-refractivity contribution in [3.63, 3.8) is 0 Å². The van der Waals surface area contributed by atoms with Gasteiger partial charge in [0, 0.05) is 23.5 Å². The molecule has 0 aliphatic heterocycles. The van der Waals surface area contributed by atoms with Crippen LogP contribution in [0.1, 0.15) is 11.5 Å². The van der Waals surface area contributed by atoms with Crippen LogP contribution in [-0.4, -0.2) is 26.3 Å². The third kappa shape index (κ3) is 3.56. The minimum Gasteiger partial charge on any atom is -0.497 e. The van der Waals surface area contributed by atoms with E-state index >= 15 is 0 Å². The molecule has 32 heavy (non-hydrogen) atoms. The molecule has 5 rings (SSSR count). The first-order chi connectivity index (χ1) is 15.5. The monoisotopic (exact) mass is 430 g/mol. The highest BCUT2D eigenvalue weighted by Gasteiger charge is 2.15. The van der Waals surface area contributed by atoms with Gasteiger partial charge in [-0.2, -0.15) is 5.10 Å². The molecule has 0 aliphatic rings. The first-order valence-corrected chi connectivity index (χ1v) is 9.97. The lowest BCUT2D eigenvalue weighted by Gasteiger charge is -2.04. The van der Waals surface area contributed by atoms with E-state index in [4.69, 9.17) is 9.15 Å². The van der Waals surface area contributed by atoms with Gasteiger partial charge in [-0.15, -0.1) is 0 Å². The van der Waals surface area contributed by atoms with Crippen LogP contribution >= 0.6 is 0 Å². The quantitative estimate of drug-likeness (QED) is 0.415. The van der Waals surface area contributed by atoms with Gasteiger partial charge < -0.3 is 13.7 Å². The minimum absolute atomic E-state index is 0.207. The van der Waals surface area contributed by atoms with E-state index in [0.717, 1.165) is 16.9 Å². The smallest absolute Gasteiger partial charge is 0.276 e. The van der Waals surface area contributed by atoms with Gasteiger partial charge in [-0.05, 0) is 61.5 Å². The summed E-state index contributed by atoms with van der Waals surface area (Å²) in [4.78, 5) is 17.6. The average molecular weight is 430 g/mol. The number of benzene rings is 2. The molecule has 0 saturated carbocycles. The van der Waals surface area contributed by atoms with Crippen molar-refractivity contribution < 1.29 is 13.5 Å². The van der Waals surface area contributed by atoms with Gasteiger partial charge in [0.25, 0.3) is 5.56 Å². The second-order valence-electron chi connectivity index (χ2n) is 7.35. The maximum atomic E-state index is 13.2. The summed E-state index contributed by atoms with van der Waals surface area (Å²) in [5.41, 5.74) is 3.03. The zero-order chi connectivity index (χ0) is 22.2. The molecule has 0 atom stereocenters. The van der Waals surface area contributed by atoms with Crippen LogP contribution < -0.4 is 10.3 Å². The number of hydrogen-bond acceptors (Lipinski definition) is 5. The van der Waals surface area contributed by atoms with Crippen molar-refractivity contribution in [3.05, 3.63) is 94.6 Å². The number of nitrogens with zero attached hydrogens (tertiary/aromatic N) is 4. The average Bonchev–Trinajstić information content (AvgIpc) is 3.40. The SMILES string of the molecule is COc1ccc(-c2nc(Cn3ccn4nc(-c5ccc(F)cc5)cc4c3=O)c(C)o2)cc1. The molecule has 3 aromatic heterocycles. The van der Waals surface area contributed by atoms with Gasteiger partial charge in [-0.1, -0.05) is 0 Å². The van der Waals surface area contributed by atoms with Crippen LogP contribution in [0.3, 0.4) is 0 Å². The molecule has 0 fully saturated rings. The van der Waals surface area contributed by atoms with Crippen LogP contribution in [0.25, 0.3) is 28.2 Å². The molecule has 0 amide bonds. The number of aromatic nitrogens is 4. The van der Waals surface area contributed by atoms with Crippen molar-refractivity contribution in [1.29, 1.82) is 0 Å². The molecule has 8 heteroatoms. The lowest BCUT2D eigenvalue weighted by molar-refractivity contribution is 0.415. The topological polar surface area (TPSA) is 74.6 Å². The van der Waals surface area contributed by atoms with E-state index in [1.807, 2.05) is 31.2 Å². The Labute approximate surface area is 182 Å². The Hall–Kier alpha value is -4.20. The predicted molar refractivity (Wildman–Crippen MR) is 117 cm³/mol. The molecule has 3 heterocycles. The molecule has 7 nitrogen and oxygen atoms in total. The lowest BCUT2D eigenvalue weighted by atomic mass is 10.1. The number of ether oxygens (including phenoxy) is 1. The molecule has 0 bridgehead atoms. The van der Waals surface area contributed by atoms with Crippen molar-refractivity contribution in [1.82, 2.24) is 19.2 Å². The van der Waals surface area contributed by atoms with Gasteiger partial charge in [-0.3, -0.25) is 4.79 Å². The van der Waals surface area contributed by atoms with Crippen molar-refractivity contribution in [2.24, 2.45) is 0 Å². The largest absolute Gasteiger partial charge is 0.497 e. The Morgan fingerprint density at radius 1 is 1.03 bits per heavy atom. The number of fused-ring (bicyclic) bond motifs is 1. The summed E-state index contributed by atoms with van der Waals surface area (Å²) in [6.07, 6.45) is 3.38. The number of aryl methyl sites for hydroxylation is 1. The molecule has 5 aromatic rings. The van der Waals surface area contributed by atoms with Crippen LogP contribution in [0.15, 0.2) is 76.2 Å². The van der Waals surface area contributed by atoms with Crippen molar-refractivity contribution in [2.75, 3.05) is 7.11 Å². The highest BCUT2D eigenvalue weighted by atomic mass is 19.1. The van der Waals surface area contributed by atoms with Gasteiger partial charge in [0.05, 0.1) is 19.3 Å². The molecule has 160 valence electrons. The van der Waals surface area contributed by atoms with Gasteiger partial charge >= 0.3 is 0 Å². The molecule has 2 aromatic carbocycles. The van der Waals surface area contributed by atoms with Gasteiger partial charge in [0.1, 0.15) is 28.5 Å². The third-order valence-electron chi connectivity index (χ3n) is 5.29. The Kier molecular flexibility index (Phi) is 4.82. The molecule has 0 spiro atoms. The second kappa shape index (κ2) is 7.81. The molecule has 0 radical (unpaired) electrons. The van der Waals surface area contributed by atoms with Crippen LogP contribution in [0.2, 0.25) is 0 Å². The molecule has 0 saturated heterocycles. The van der Waals surface area contributed by atoms with E-state index in [9.17, 15) is 9.18 Å². The van der Waals surface area contributed by atoms with Crippen molar-refractivity contribution in [2.45, 2.75) is 13.5 Å². The predicted octanol–water partition coefficient (Wildman–Crippen LogP) is 4.32. The summed E-state index contributed by atoms with van der Waals surface area (Å²) < 4.78 is 27.3. The fourth-order valence-electron chi connectivity index (χ4n) is 3.51. The Morgan fingerprint density at radius 3 is 2.47 bits per heavy atom. The fraction of sp³-hybridized carbons (Fsp3) is 0.125. The van der Waals surface area contributed by atoms with E-state index in [0.29, 0.717) is 28.6 Å². The summed E-state index contributed by atoms with van der Waals surface area (Å²) in [6.45, 7) is 2.09. The number of rotatable bonds is 5. The van der Waals surface area contributed by atoms with Gasteiger partial charge in [0.2, 0.25) is 5.89 Å². The summed E-state index contributed by atoms with van der Waals surface area (Å²) in [6, 6.07) is 15.1. The molecule has 0 N–H and O–H groups in total. The Bertz CT molecular complexity index is 1460. The van der Waals surface area contributed by atoms with E-state index < -0.39 is 0 Å². The number of halogens is 1. The highest BCUT2D eigenvalue weighted by molar-refractivity contribution is 5.65. The number of oxazole rings is 1. The Balaban J connectivity index is 1.46. The highest BCUT2D eigenvalue weighted by Crippen LogP contribution is 2.24. The Morgan fingerprint density at radius 2 is 1.75 bits per heavy atom. The standard InChI is InChI=1S/C24H19FN4O3/c1-15-21(26-23(32-15)17-5-9-19(31-2)10-6-17)14-28-11-12-29-22(24(28)30)13-20(27-29)16-3-7-18(25)8-4-16/h3-13H,14H2,1-2H3. The molecule has 0 unspecified atom stereocenters. The first kappa shape index (κ1) is 19.7. The summed E-state index contributed by atoms with van der Waals surface area (Å²) in [7, 11) is 1.61. The third-order valence-corrected chi connectivity index (χ3v) is 5.29.